The highest BCUT2D eigenvalue weighted by atomic mass is 16.4. The summed E-state index contributed by atoms with van der Waals surface area (Å²) in [5, 5.41) is 11.3. The minimum Gasteiger partial charge on any atom is -0.478 e. The van der Waals surface area contributed by atoms with Crippen LogP contribution in [0.15, 0.2) is 54.7 Å². The molecule has 0 aliphatic heterocycles. The first-order valence-corrected chi connectivity index (χ1v) is 7.35. The first-order chi connectivity index (χ1) is 11.1. The molecular weight excluding hydrogens is 288 g/mol. The lowest BCUT2D eigenvalue weighted by Gasteiger charge is -2.07. The highest BCUT2D eigenvalue weighted by molar-refractivity contribution is 6.05. The van der Waals surface area contributed by atoms with Gasteiger partial charge in [0.25, 0.3) is 0 Å². The molecule has 2 heterocycles. The molecule has 0 aliphatic carbocycles. The van der Waals surface area contributed by atoms with E-state index in [9.17, 15) is 9.90 Å². The van der Waals surface area contributed by atoms with Gasteiger partial charge in [0.15, 0.2) is 0 Å². The minimum atomic E-state index is -0.941. The molecule has 0 amide bonds. The lowest BCUT2D eigenvalue weighted by Crippen LogP contribution is -2.00. The molecule has 2 N–H and O–H groups in total. The summed E-state index contributed by atoms with van der Waals surface area (Å²) in [4.78, 5) is 19.5. The molecule has 0 saturated heterocycles. The summed E-state index contributed by atoms with van der Waals surface area (Å²) in [5.74, 6) is -0.941. The predicted molar refractivity (Wildman–Crippen MR) is 90.7 cm³/mol. The van der Waals surface area contributed by atoms with Gasteiger partial charge in [0.1, 0.15) is 0 Å². The van der Waals surface area contributed by atoms with E-state index >= 15 is 0 Å². The minimum absolute atomic E-state index is 0.277. The second kappa shape index (κ2) is 4.95. The molecule has 0 unspecified atom stereocenters. The maximum atomic E-state index is 11.7. The number of aromatic nitrogens is 2. The molecule has 4 rings (SSSR count). The van der Waals surface area contributed by atoms with Gasteiger partial charge in [-0.1, -0.05) is 29.8 Å². The third-order valence-electron chi connectivity index (χ3n) is 4.06. The summed E-state index contributed by atoms with van der Waals surface area (Å²) in [6, 6.07) is 15.2. The van der Waals surface area contributed by atoms with Crippen molar-refractivity contribution in [3.63, 3.8) is 0 Å². The largest absolute Gasteiger partial charge is 0.478 e. The average molecular weight is 302 g/mol. The first kappa shape index (κ1) is 13.5. The number of para-hydroxylation sites is 1. The maximum absolute atomic E-state index is 11.7. The van der Waals surface area contributed by atoms with Crippen molar-refractivity contribution in [2.45, 2.75) is 6.92 Å². The number of H-pyrrole nitrogens is 1. The normalized spacial score (nSPS) is 11.2. The first-order valence-electron chi connectivity index (χ1n) is 7.35. The van der Waals surface area contributed by atoms with Gasteiger partial charge in [-0.3, -0.25) is 0 Å². The molecule has 0 aliphatic rings. The van der Waals surface area contributed by atoms with Gasteiger partial charge in [-0.15, -0.1) is 0 Å². The van der Waals surface area contributed by atoms with Gasteiger partial charge >= 0.3 is 5.97 Å². The van der Waals surface area contributed by atoms with Crippen molar-refractivity contribution >= 4 is 27.8 Å². The Morgan fingerprint density at radius 3 is 2.74 bits per heavy atom. The van der Waals surface area contributed by atoms with Crippen LogP contribution in [0.25, 0.3) is 33.1 Å². The number of fused-ring (bicyclic) bond motifs is 2. The number of benzene rings is 2. The lowest BCUT2D eigenvalue weighted by atomic mass is 10.0. The Bertz CT molecular complexity index is 1060. The molecule has 0 saturated carbocycles. The second-order valence-corrected chi connectivity index (χ2v) is 5.63. The molecule has 0 spiro atoms. The van der Waals surface area contributed by atoms with Gasteiger partial charge in [-0.05, 0) is 31.2 Å². The van der Waals surface area contributed by atoms with Crippen LogP contribution >= 0.6 is 0 Å². The number of carbonyl (C=O) groups is 1. The Morgan fingerprint density at radius 2 is 1.91 bits per heavy atom. The van der Waals surface area contributed by atoms with Gasteiger partial charge in [0.2, 0.25) is 0 Å². The van der Waals surface area contributed by atoms with Crippen molar-refractivity contribution in [2.75, 3.05) is 0 Å². The molecule has 4 aromatic rings. The number of carboxylic acids is 1. The Balaban J connectivity index is 2.05. The number of aryl methyl sites for hydroxylation is 1. The Labute approximate surface area is 132 Å². The molecule has 0 atom stereocenters. The zero-order valence-corrected chi connectivity index (χ0v) is 12.5. The monoisotopic (exact) mass is 302 g/mol. The highest BCUT2D eigenvalue weighted by Gasteiger charge is 2.15. The number of aromatic amines is 1. The lowest BCUT2D eigenvalue weighted by molar-refractivity contribution is 0.0699. The number of aromatic carboxylic acids is 1. The SMILES string of the molecule is Cc1ccc2nc(-c3c[nH]c4ccccc34)cc(C(=O)O)c2c1. The maximum Gasteiger partial charge on any atom is 0.336 e. The van der Waals surface area contributed by atoms with Crippen LogP contribution in [0.4, 0.5) is 0 Å². The van der Waals surface area contributed by atoms with Crippen molar-refractivity contribution < 1.29 is 9.90 Å². The highest BCUT2D eigenvalue weighted by Crippen LogP contribution is 2.30. The van der Waals surface area contributed by atoms with Crippen LogP contribution in [-0.2, 0) is 0 Å². The van der Waals surface area contributed by atoms with Crippen molar-refractivity contribution in [1.82, 2.24) is 9.97 Å². The average Bonchev–Trinajstić information content (AvgIpc) is 2.97. The van der Waals surface area contributed by atoms with Crippen LogP contribution in [0, 0.1) is 6.92 Å². The van der Waals surface area contributed by atoms with E-state index in [-0.39, 0.29) is 5.56 Å². The molecule has 2 aromatic heterocycles. The van der Waals surface area contributed by atoms with Crippen LogP contribution < -0.4 is 0 Å². The van der Waals surface area contributed by atoms with Crippen LogP contribution in [0.3, 0.4) is 0 Å². The van der Waals surface area contributed by atoms with Crippen LogP contribution in [0.1, 0.15) is 15.9 Å². The number of nitrogens with zero attached hydrogens (tertiary/aromatic N) is 1. The Morgan fingerprint density at radius 1 is 1.09 bits per heavy atom. The van der Waals surface area contributed by atoms with Gasteiger partial charge in [0.05, 0.1) is 16.8 Å². The van der Waals surface area contributed by atoms with Crippen molar-refractivity contribution in [3.05, 3.63) is 65.9 Å². The molecule has 0 fully saturated rings. The summed E-state index contributed by atoms with van der Waals surface area (Å²) in [6.45, 7) is 1.94. The molecule has 4 heteroatoms. The number of carboxylic acid groups (broad SMARTS) is 1. The van der Waals surface area contributed by atoms with E-state index in [1.807, 2.05) is 55.6 Å². The van der Waals surface area contributed by atoms with Crippen molar-refractivity contribution in [1.29, 1.82) is 0 Å². The number of nitrogens with one attached hydrogen (secondary N) is 1. The Hall–Kier alpha value is -3.14. The fraction of sp³-hybridized carbons (Fsp3) is 0.0526. The van der Waals surface area contributed by atoms with E-state index in [0.29, 0.717) is 16.6 Å². The van der Waals surface area contributed by atoms with Gasteiger partial charge in [0, 0.05) is 28.0 Å². The fourth-order valence-corrected chi connectivity index (χ4v) is 2.94. The van der Waals surface area contributed by atoms with E-state index in [2.05, 4.69) is 9.97 Å². The topological polar surface area (TPSA) is 66.0 Å². The van der Waals surface area contributed by atoms with Crippen molar-refractivity contribution in [2.24, 2.45) is 0 Å². The number of hydrogen-bond donors (Lipinski definition) is 2. The number of rotatable bonds is 2. The predicted octanol–water partition coefficient (Wildman–Crippen LogP) is 4.39. The third-order valence-corrected chi connectivity index (χ3v) is 4.06. The fourth-order valence-electron chi connectivity index (χ4n) is 2.94. The molecule has 0 radical (unpaired) electrons. The van der Waals surface area contributed by atoms with E-state index in [1.165, 1.54) is 0 Å². The molecule has 2 aromatic carbocycles. The summed E-state index contributed by atoms with van der Waals surface area (Å²) >= 11 is 0. The summed E-state index contributed by atoms with van der Waals surface area (Å²) in [6.07, 6.45) is 1.87. The summed E-state index contributed by atoms with van der Waals surface area (Å²) in [5.41, 5.74) is 4.56. The molecule has 112 valence electrons. The quantitative estimate of drug-likeness (QED) is 0.577. The molecular formula is C19H14N2O2. The number of hydrogen-bond acceptors (Lipinski definition) is 2. The zero-order valence-electron chi connectivity index (χ0n) is 12.5. The van der Waals surface area contributed by atoms with Crippen LogP contribution in [0.5, 0.6) is 0 Å². The standard InChI is InChI=1S/C19H14N2O2/c1-11-6-7-17-13(8-11)14(19(22)23)9-18(21-17)15-10-20-16-5-3-2-4-12(15)16/h2-10,20H,1H3,(H,22,23). The summed E-state index contributed by atoms with van der Waals surface area (Å²) < 4.78 is 0. The van der Waals surface area contributed by atoms with Gasteiger partial charge < -0.3 is 10.1 Å². The number of pyridine rings is 1. The van der Waals surface area contributed by atoms with E-state index in [4.69, 9.17) is 0 Å². The second-order valence-electron chi connectivity index (χ2n) is 5.63. The van der Waals surface area contributed by atoms with Crippen LogP contribution in [0.2, 0.25) is 0 Å². The van der Waals surface area contributed by atoms with Gasteiger partial charge in [-0.2, -0.15) is 0 Å². The smallest absolute Gasteiger partial charge is 0.336 e. The molecule has 0 bridgehead atoms. The van der Waals surface area contributed by atoms with Crippen molar-refractivity contribution in [3.8, 4) is 11.3 Å². The Kier molecular flexibility index (Phi) is 2.91. The van der Waals surface area contributed by atoms with E-state index in [0.717, 1.165) is 22.0 Å². The molecule has 4 nitrogen and oxygen atoms in total. The zero-order chi connectivity index (χ0) is 16.0. The van der Waals surface area contributed by atoms with Crippen LogP contribution in [-0.4, -0.2) is 21.0 Å². The van der Waals surface area contributed by atoms with Gasteiger partial charge in [-0.25, -0.2) is 9.78 Å². The summed E-state index contributed by atoms with van der Waals surface area (Å²) in [7, 11) is 0. The third kappa shape index (κ3) is 2.16. The van der Waals surface area contributed by atoms with E-state index < -0.39 is 5.97 Å². The van der Waals surface area contributed by atoms with E-state index in [1.54, 1.807) is 6.07 Å². The molecule has 23 heavy (non-hydrogen) atoms.